The average Bonchev–Trinajstić information content (AvgIpc) is 3.18. The number of aromatic nitrogens is 4. The molecule has 0 unspecified atom stereocenters. The van der Waals surface area contributed by atoms with Crippen molar-refractivity contribution in [2.45, 2.75) is 32.4 Å². The fraction of sp³-hybridized carbons (Fsp3) is 0.296. The minimum Gasteiger partial charge on any atom is -0.424 e. The van der Waals surface area contributed by atoms with Crippen LogP contribution in [0.4, 0.5) is 4.39 Å². The average molecular weight is 474 g/mol. The summed E-state index contributed by atoms with van der Waals surface area (Å²) in [5, 5.41) is 0. The van der Waals surface area contributed by atoms with Crippen molar-refractivity contribution in [3.63, 3.8) is 0 Å². The molecule has 5 rings (SSSR count). The van der Waals surface area contributed by atoms with E-state index >= 15 is 0 Å². The van der Waals surface area contributed by atoms with E-state index in [0.717, 1.165) is 25.9 Å². The summed E-state index contributed by atoms with van der Waals surface area (Å²) in [4.78, 5) is 25.2. The number of hydrogen-bond acceptors (Lipinski definition) is 5. The molecule has 0 aliphatic carbocycles. The van der Waals surface area contributed by atoms with Crippen molar-refractivity contribution >= 4 is 0 Å². The number of para-hydroxylation sites is 1. The van der Waals surface area contributed by atoms with Crippen molar-refractivity contribution in [2.75, 3.05) is 20.1 Å². The normalized spacial score (nSPS) is 14.8. The number of likely N-dealkylation sites (tertiary alicyclic amines) is 1. The summed E-state index contributed by atoms with van der Waals surface area (Å²) in [6.45, 7) is 4.45. The van der Waals surface area contributed by atoms with Crippen LogP contribution in [-0.4, -0.2) is 44.4 Å². The van der Waals surface area contributed by atoms with E-state index in [4.69, 9.17) is 4.74 Å². The predicted octanol–water partition coefficient (Wildman–Crippen LogP) is 4.99. The summed E-state index contributed by atoms with van der Waals surface area (Å²) in [5.41, 5.74) is 2.34. The Hall–Kier alpha value is -3.78. The molecule has 0 N–H and O–H groups in total. The van der Waals surface area contributed by atoms with Crippen molar-refractivity contribution in [1.29, 1.82) is 0 Å². The maximum Gasteiger partial charge on any atom is 0.322 e. The Morgan fingerprint density at radius 3 is 2.43 bits per heavy atom. The SMILES string of the molecule is CCn1c(-c2ccnc(Oc3ccccc3)n2)c(-c2ccc(F)cc2)c(=O)n1C1CCN(C)CC1. The lowest BCUT2D eigenvalue weighted by atomic mass is 10.0. The largest absolute Gasteiger partial charge is 0.424 e. The zero-order chi connectivity index (χ0) is 24.4. The highest BCUT2D eigenvalue weighted by molar-refractivity contribution is 5.79. The fourth-order valence-electron chi connectivity index (χ4n) is 4.73. The number of rotatable bonds is 6. The fourth-order valence-corrected chi connectivity index (χ4v) is 4.73. The first-order chi connectivity index (χ1) is 17.0. The molecule has 1 aliphatic heterocycles. The van der Waals surface area contributed by atoms with Gasteiger partial charge in [0.25, 0.3) is 5.56 Å². The van der Waals surface area contributed by atoms with Gasteiger partial charge in [0, 0.05) is 12.7 Å². The molecule has 7 nitrogen and oxygen atoms in total. The highest BCUT2D eigenvalue weighted by Gasteiger charge is 2.29. The van der Waals surface area contributed by atoms with Crippen molar-refractivity contribution in [3.8, 4) is 34.3 Å². The summed E-state index contributed by atoms with van der Waals surface area (Å²) in [6, 6.07) is 17.4. The van der Waals surface area contributed by atoms with E-state index in [-0.39, 0.29) is 23.4 Å². The first kappa shape index (κ1) is 23.0. The minimum atomic E-state index is -0.346. The molecule has 0 bridgehead atoms. The second kappa shape index (κ2) is 9.84. The van der Waals surface area contributed by atoms with Crippen molar-refractivity contribution in [3.05, 3.63) is 83.0 Å². The maximum atomic E-state index is 13.9. The quantitative estimate of drug-likeness (QED) is 0.395. The van der Waals surface area contributed by atoms with E-state index < -0.39 is 0 Å². The number of piperidine rings is 1. The smallest absolute Gasteiger partial charge is 0.322 e. The van der Waals surface area contributed by atoms with Crippen LogP contribution >= 0.6 is 0 Å². The van der Waals surface area contributed by atoms with Gasteiger partial charge in [-0.25, -0.2) is 14.1 Å². The molecular formula is C27H28FN5O2. The molecule has 2 aromatic carbocycles. The zero-order valence-electron chi connectivity index (χ0n) is 19.9. The van der Waals surface area contributed by atoms with Crippen molar-refractivity contribution < 1.29 is 9.13 Å². The number of benzene rings is 2. The molecule has 3 heterocycles. The predicted molar refractivity (Wildman–Crippen MR) is 133 cm³/mol. The summed E-state index contributed by atoms with van der Waals surface area (Å²) >= 11 is 0. The minimum absolute atomic E-state index is 0.0773. The van der Waals surface area contributed by atoms with Gasteiger partial charge in [-0.3, -0.25) is 9.48 Å². The van der Waals surface area contributed by atoms with Crippen LogP contribution in [0, 0.1) is 5.82 Å². The molecule has 0 spiro atoms. The monoisotopic (exact) mass is 473 g/mol. The van der Waals surface area contributed by atoms with Crippen molar-refractivity contribution in [2.24, 2.45) is 0 Å². The van der Waals surface area contributed by atoms with Gasteiger partial charge in [0.2, 0.25) is 0 Å². The van der Waals surface area contributed by atoms with Crippen LogP contribution in [0.5, 0.6) is 11.8 Å². The third-order valence-corrected chi connectivity index (χ3v) is 6.47. The highest BCUT2D eigenvalue weighted by Crippen LogP contribution is 2.33. The van der Waals surface area contributed by atoms with Gasteiger partial charge in [-0.1, -0.05) is 30.3 Å². The second-order valence-corrected chi connectivity index (χ2v) is 8.77. The van der Waals surface area contributed by atoms with Gasteiger partial charge in [-0.15, -0.1) is 0 Å². The first-order valence-electron chi connectivity index (χ1n) is 11.9. The molecule has 0 radical (unpaired) electrons. The third-order valence-electron chi connectivity index (χ3n) is 6.47. The third kappa shape index (κ3) is 4.61. The Kier molecular flexibility index (Phi) is 6.46. The molecule has 180 valence electrons. The van der Waals surface area contributed by atoms with Crippen molar-refractivity contribution in [1.82, 2.24) is 24.2 Å². The molecule has 35 heavy (non-hydrogen) atoms. The Morgan fingerprint density at radius 1 is 1.03 bits per heavy atom. The van der Waals surface area contributed by atoms with E-state index in [0.29, 0.717) is 34.8 Å². The van der Waals surface area contributed by atoms with Gasteiger partial charge in [0.1, 0.15) is 11.6 Å². The molecule has 2 aromatic heterocycles. The summed E-state index contributed by atoms with van der Waals surface area (Å²) in [6.07, 6.45) is 3.40. The van der Waals surface area contributed by atoms with Gasteiger partial charge < -0.3 is 9.64 Å². The van der Waals surface area contributed by atoms with E-state index in [2.05, 4.69) is 21.9 Å². The van der Waals surface area contributed by atoms with E-state index in [1.165, 1.54) is 12.1 Å². The molecular weight excluding hydrogens is 445 g/mol. The van der Waals surface area contributed by atoms with Crippen LogP contribution < -0.4 is 10.3 Å². The lowest BCUT2D eigenvalue weighted by Gasteiger charge is -2.31. The molecule has 0 amide bonds. The van der Waals surface area contributed by atoms with Crippen LogP contribution in [-0.2, 0) is 6.54 Å². The topological polar surface area (TPSA) is 65.2 Å². The van der Waals surface area contributed by atoms with Crippen LogP contribution in [0.3, 0.4) is 0 Å². The molecule has 1 saturated heterocycles. The molecule has 1 aliphatic rings. The van der Waals surface area contributed by atoms with Crippen LogP contribution in [0.15, 0.2) is 71.7 Å². The number of ether oxygens (including phenoxy) is 1. The molecule has 1 fully saturated rings. The van der Waals surface area contributed by atoms with Gasteiger partial charge in [-0.05, 0) is 75.8 Å². The first-order valence-corrected chi connectivity index (χ1v) is 11.9. The molecule has 8 heteroatoms. The van der Waals surface area contributed by atoms with Gasteiger partial charge in [0.15, 0.2) is 0 Å². The summed E-state index contributed by atoms with van der Waals surface area (Å²) in [7, 11) is 2.10. The van der Waals surface area contributed by atoms with E-state index in [1.54, 1.807) is 24.4 Å². The maximum absolute atomic E-state index is 13.9. The van der Waals surface area contributed by atoms with Crippen LogP contribution in [0.2, 0.25) is 0 Å². The van der Waals surface area contributed by atoms with Crippen LogP contribution in [0.1, 0.15) is 25.8 Å². The second-order valence-electron chi connectivity index (χ2n) is 8.77. The Bertz CT molecular complexity index is 1360. The van der Waals surface area contributed by atoms with Gasteiger partial charge in [-0.2, -0.15) is 4.98 Å². The summed E-state index contributed by atoms with van der Waals surface area (Å²) < 4.78 is 23.5. The van der Waals surface area contributed by atoms with Gasteiger partial charge >= 0.3 is 6.01 Å². The Labute approximate surface area is 203 Å². The number of hydrogen-bond donors (Lipinski definition) is 0. The molecule has 0 saturated carbocycles. The Morgan fingerprint density at radius 2 is 1.74 bits per heavy atom. The highest BCUT2D eigenvalue weighted by atomic mass is 19.1. The standard InChI is InChI=1S/C27H28FN5O2/c1-3-32-25(23-13-16-29-27(30-23)35-22-7-5-4-6-8-22)24(19-9-11-20(28)12-10-19)26(34)33(32)21-14-17-31(2)18-15-21/h4-13,16,21H,3,14-15,17-18H2,1-2H3. The Balaban J connectivity index is 1.67. The lowest BCUT2D eigenvalue weighted by molar-refractivity contribution is 0.197. The molecule has 4 aromatic rings. The van der Waals surface area contributed by atoms with Crippen LogP contribution in [0.25, 0.3) is 22.5 Å². The van der Waals surface area contributed by atoms with E-state index in [9.17, 15) is 9.18 Å². The zero-order valence-corrected chi connectivity index (χ0v) is 19.9. The molecule has 0 atom stereocenters. The lowest BCUT2D eigenvalue weighted by Crippen LogP contribution is -2.37. The van der Waals surface area contributed by atoms with E-state index in [1.807, 2.05) is 46.6 Å². The summed E-state index contributed by atoms with van der Waals surface area (Å²) in [5.74, 6) is 0.279. The van der Waals surface area contributed by atoms with Gasteiger partial charge in [0.05, 0.1) is 23.0 Å². The number of nitrogens with zero attached hydrogens (tertiary/aromatic N) is 5. The number of halogens is 1.